The molecule has 0 atom stereocenters. The van der Waals surface area contributed by atoms with Crippen LogP contribution < -0.4 is 5.32 Å². The van der Waals surface area contributed by atoms with Crippen LogP contribution in [-0.2, 0) is 9.84 Å². The lowest BCUT2D eigenvalue weighted by Crippen LogP contribution is -2.34. The first-order valence-corrected chi connectivity index (χ1v) is 6.54. The van der Waals surface area contributed by atoms with Crippen molar-refractivity contribution in [2.75, 3.05) is 12.3 Å². The quantitative estimate of drug-likeness (QED) is 0.727. The third kappa shape index (κ3) is 3.27. The van der Waals surface area contributed by atoms with E-state index in [0.29, 0.717) is 6.54 Å². The van der Waals surface area contributed by atoms with E-state index in [1.54, 1.807) is 13.8 Å². The predicted octanol–water partition coefficient (Wildman–Crippen LogP) is 0.952. The van der Waals surface area contributed by atoms with Crippen LogP contribution in [0.4, 0.5) is 0 Å². The second kappa shape index (κ2) is 3.58. The van der Waals surface area contributed by atoms with Gasteiger partial charge in [-0.3, -0.25) is 0 Å². The van der Waals surface area contributed by atoms with Crippen molar-refractivity contribution in [1.29, 1.82) is 0 Å². The topological polar surface area (TPSA) is 46.2 Å². The van der Waals surface area contributed by atoms with Gasteiger partial charge in [0.05, 0.1) is 11.0 Å². The summed E-state index contributed by atoms with van der Waals surface area (Å²) < 4.78 is 22.8. The predicted molar refractivity (Wildman–Crippen MR) is 54.6 cm³/mol. The molecule has 1 fully saturated rings. The molecule has 3 nitrogen and oxygen atoms in total. The summed E-state index contributed by atoms with van der Waals surface area (Å²) in [6.45, 7) is 6.19. The summed E-state index contributed by atoms with van der Waals surface area (Å²) >= 11 is 0. The highest BCUT2D eigenvalue weighted by molar-refractivity contribution is 7.92. The Labute approximate surface area is 80.8 Å². The van der Waals surface area contributed by atoms with E-state index in [4.69, 9.17) is 0 Å². The molecule has 0 bridgehead atoms. The lowest BCUT2D eigenvalue weighted by Gasteiger charge is -2.12. The van der Waals surface area contributed by atoms with Crippen molar-refractivity contribution in [2.45, 2.75) is 44.4 Å². The van der Waals surface area contributed by atoms with Gasteiger partial charge in [0, 0.05) is 12.1 Å². The van der Waals surface area contributed by atoms with Gasteiger partial charge in [-0.05, 0) is 33.6 Å². The molecule has 0 aromatic carbocycles. The molecule has 0 unspecified atom stereocenters. The minimum absolute atomic E-state index is 0.243. The van der Waals surface area contributed by atoms with Crippen LogP contribution >= 0.6 is 0 Å². The van der Waals surface area contributed by atoms with E-state index in [1.807, 2.05) is 0 Å². The molecular weight excluding hydrogens is 186 g/mol. The molecule has 0 aliphatic heterocycles. The van der Waals surface area contributed by atoms with E-state index in [1.165, 1.54) is 12.8 Å². The van der Waals surface area contributed by atoms with E-state index < -0.39 is 9.84 Å². The standard InChI is InChI=1S/C9H19NO2S/c1-8(2)13(11,12)7-6-10-9(3)4-5-9/h8,10H,4-7H2,1-3H3. The lowest BCUT2D eigenvalue weighted by atomic mass is 10.3. The molecule has 78 valence electrons. The highest BCUT2D eigenvalue weighted by Crippen LogP contribution is 2.33. The van der Waals surface area contributed by atoms with Crippen molar-refractivity contribution < 1.29 is 8.42 Å². The Hall–Kier alpha value is -0.0900. The molecule has 1 saturated carbocycles. The second-order valence-corrected chi connectivity index (χ2v) is 7.08. The van der Waals surface area contributed by atoms with Crippen molar-refractivity contribution in [1.82, 2.24) is 5.32 Å². The van der Waals surface area contributed by atoms with Crippen molar-refractivity contribution in [2.24, 2.45) is 0 Å². The SMILES string of the molecule is CC(C)S(=O)(=O)CCNC1(C)CC1. The van der Waals surface area contributed by atoms with Crippen LogP contribution in [0.2, 0.25) is 0 Å². The highest BCUT2D eigenvalue weighted by Gasteiger charge is 2.36. The highest BCUT2D eigenvalue weighted by atomic mass is 32.2. The van der Waals surface area contributed by atoms with Gasteiger partial charge in [0.25, 0.3) is 0 Å². The maximum absolute atomic E-state index is 11.4. The monoisotopic (exact) mass is 205 g/mol. The van der Waals surface area contributed by atoms with E-state index in [9.17, 15) is 8.42 Å². The molecule has 0 radical (unpaired) electrons. The van der Waals surface area contributed by atoms with Gasteiger partial charge >= 0.3 is 0 Å². The first-order valence-electron chi connectivity index (χ1n) is 4.82. The average molecular weight is 205 g/mol. The van der Waals surface area contributed by atoms with E-state index in [-0.39, 0.29) is 16.5 Å². The molecule has 1 aliphatic carbocycles. The summed E-state index contributed by atoms with van der Waals surface area (Å²) in [5.74, 6) is 0.264. The minimum atomic E-state index is -2.86. The van der Waals surface area contributed by atoms with Gasteiger partial charge in [0.15, 0.2) is 9.84 Å². The molecule has 13 heavy (non-hydrogen) atoms. The van der Waals surface area contributed by atoms with Gasteiger partial charge in [0.2, 0.25) is 0 Å². The maximum atomic E-state index is 11.4. The van der Waals surface area contributed by atoms with Crippen LogP contribution in [0.25, 0.3) is 0 Å². The number of rotatable bonds is 5. The van der Waals surface area contributed by atoms with Crippen LogP contribution in [0, 0.1) is 0 Å². The molecule has 0 amide bonds. The molecule has 1 rings (SSSR count). The van der Waals surface area contributed by atoms with Crippen molar-refractivity contribution in [3.05, 3.63) is 0 Å². The zero-order valence-corrected chi connectivity index (χ0v) is 9.45. The molecule has 0 saturated heterocycles. The largest absolute Gasteiger partial charge is 0.311 e. The Morgan fingerprint density at radius 3 is 2.31 bits per heavy atom. The summed E-state index contributed by atoms with van der Waals surface area (Å²) in [5, 5.41) is 3.02. The van der Waals surface area contributed by atoms with Gasteiger partial charge in [-0.2, -0.15) is 0 Å². The second-order valence-electron chi connectivity index (χ2n) is 4.40. The summed E-state index contributed by atoms with van der Waals surface area (Å²) in [7, 11) is -2.86. The first-order chi connectivity index (χ1) is 5.86. The van der Waals surface area contributed by atoms with Crippen LogP contribution in [0.3, 0.4) is 0 Å². The summed E-state index contributed by atoms with van der Waals surface area (Å²) in [5.41, 5.74) is 0.243. The number of nitrogens with one attached hydrogen (secondary N) is 1. The Kier molecular flexibility index (Phi) is 3.02. The van der Waals surface area contributed by atoms with Crippen LogP contribution in [-0.4, -0.2) is 31.5 Å². The maximum Gasteiger partial charge on any atom is 0.153 e. The normalized spacial score (nSPS) is 20.6. The van der Waals surface area contributed by atoms with E-state index in [2.05, 4.69) is 12.2 Å². The fourth-order valence-electron chi connectivity index (χ4n) is 1.10. The summed E-state index contributed by atoms with van der Waals surface area (Å²) in [6.07, 6.45) is 2.35. The fraction of sp³-hybridized carbons (Fsp3) is 1.00. The number of hydrogen-bond donors (Lipinski definition) is 1. The zero-order chi connectivity index (χ0) is 10.1. The first kappa shape index (κ1) is 11.0. The molecule has 4 heteroatoms. The molecular formula is C9H19NO2S. The average Bonchev–Trinajstić information content (AvgIpc) is 2.67. The van der Waals surface area contributed by atoms with Crippen LogP contribution in [0.5, 0.6) is 0 Å². The molecule has 1 N–H and O–H groups in total. The van der Waals surface area contributed by atoms with Crippen molar-refractivity contribution in [3.63, 3.8) is 0 Å². The zero-order valence-electron chi connectivity index (χ0n) is 8.63. The Balaban J connectivity index is 2.26. The van der Waals surface area contributed by atoms with Crippen LogP contribution in [0.15, 0.2) is 0 Å². The van der Waals surface area contributed by atoms with Gasteiger partial charge in [-0.25, -0.2) is 8.42 Å². The van der Waals surface area contributed by atoms with Crippen molar-refractivity contribution >= 4 is 9.84 Å². The molecule has 0 heterocycles. The van der Waals surface area contributed by atoms with E-state index >= 15 is 0 Å². The third-order valence-electron chi connectivity index (χ3n) is 2.66. The van der Waals surface area contributed by atoms with Gasteiger partial charge in [0.1, 0.15) is 0 Å². The molecule has 0 aromatic rings. The summed E-state index contributed by atoms with van der Waals surface area (Å²) in [4.78, 5) is 0. The van der Waals surface area contributed by atoms with Gasteiger partial charge in [-0.15, -0.1) is 0 Å². The molecule has 0 aromatic heterocycles. The molecule has 1 aliphatic rings. The van der Waals surface area contributed by atoms with E-state index in [0.717, 1.165) is 0 Å². The Morgan fingerprint density at radius 1 is 1.38 bits per heavy atom. The van der Waals surface area contributed by atoms with Crippen LogP contribution in [0.1, 0.15) is 33.6 Å². The van der Waals surface area contributed by atoms with Gasteiger partial charge in [-0.1, -0.05) is 0 Å². The smallest absolute Gasteiger partial charge is 0.153 e. The fourth-order valence-corrected chi connectivity index (χ4v) is 1.95. The Bertz CT molecular complexity index is 265. The van der Waals surface area contributed by atoms with Crippen molar-refractivity contribution in [3.8, 4) is 0 Å². The lowest BCUT2D eigenvalue weighted by molar-refractivity contribution is 0.546. The number of hydrogen-bond acceptors (Lipinski definition) is 3. The Morgan fingerprint density at radius 2 is 1.92 bits per heavy atom. The molecule has 0 spiro atoms. The summed E-state index contributed by atoms with van der Waals surface area (Å²) in [6, 6.07) is 0. The number of sulfone groups is 1. The van der Waals surface area contributed by atoms with Gasteiger partial charge < -0.3 is 5.32 Å². The third-order valence-corrected chi connectivity index (χ3v) is 4.87. The minimum Gasteiger partial charge on any atom is -0.311 e.